The quantitative estimate of drug-likeness (QED) is 0.494. The summed E-state index contributed by atoms with van der Waals surface area (Å²) < 4.78 is 0. The van der Waals surface area contributed by atoms with Crippen LogP contribution in [-0.4, -0.2) is 31.3 Å². The van der Waals surface area contributed by atoms with Gasteiger partial charge in [0.15, 0.2) is 5.16 Å². The number of hydrogen-bond acceptors (Lipinski definition) is 6. The summed E-state index contributed by atoms with van der Waals surface area (Å²) >= 11 is 1.24. The van der Waals surface area contributed by atoms with Crippen LogP contribution in [-0.2, 0) is 4.79 Å². The molecule has 104 valence electrons. The van der Waals surface area contributed by atoms with Crippen molar-refractivity contribution in [2.24, 2.45) is 0 Å². The third-order valence-corrected chi connectivity index (χ3v) is 3.38. The second-order valence-corrected chi connectivity index (χ2v) is 5.17. The van der Waals surface area contributed by atoms with Crippen LogP contribution in [0.2, 0.25) is 0 Å². The van der Waals surface area contributed by atoms with E-state index in [-0.39, 0.29) is 16.8 Å². The lowest BCUT2D eigenvalue weighted by Gasteiger charge is -2.10. The standard InChI is InChI=1S/C11H11N5O3S/c1-7(20-11-12-6-13-15-11)10(17)14-8-2-4-9(5-3-8)16(18)19/h2-7H,1H3,(H,14,17)(H,12,13,15)/t7-/m1/s1. The number of amides is 1. The van der Waals surface area contributed by atoms with Gasteiger partial charge in [0.05, 0.1) is 10.2 Å². The number of H-pyrrole nitrogens is 1. The summed E-state index contributed by atoms with van der Waals surface area (Å²) in [6.45, 7) is 1.73. The van der Waals surface area contributed by atoms with E-state index in [2.05, 4.69) is 20.5 Å². The molecule has 20 heavy (non-hydrogen) atoms. The Morgan fingerprint density at radius 3 is 2.70 bits per heavy atom. The Bertz CT molecular complexity index is 599. The van der Waals surface area contributed by atoms with Crippen molar-refractivity contribution < 1.29 is 9.72 Å². The van der Waals surface area contributed by atoms with Crippen molar-refractivity contribution >= 4 is 29.0 Å². The third kappa shape index (κ3) is 3.54. The first kappa shape index (κ1) is 14.0. The number of aromatic amines is 1. The highest BCUT2D eigenvalue weighted by atomic mass is 32.2. The van der Waals surface area contributed by atoms with E-state index in [9.17, 15) is 14.9 Å². The van der Waals surface area contributed by atoms with Crippen molar-refractivity contribution in [3.05, 3.63) is 40.7 Å². The summed E-state index contributed by atoms with van der Waals surface area (Å²) in [6, 6.07) is 5.65. The monoisotopic (exact) mass is 293 g/mol. The first-order chi connectivity index (χ1) is 9.56. The average molecular weight is 293 g/mol. The first-order valence-corrected chi connectivity index (χ1v) is 6.51. The van der Waals surface area contributed by atoms with Gasteiger partial charge in [0.2, 0.25) is 5.91 Å². The van der Waals surface area contributed by atoms with Crippen molar-refractivity contribution in [2.45, 2.75) is 17.3 Å². The van der Waals surface area contributed by atoms with Crippen LogP contribution in [0.5, 0.6) is 0 Å². The molecule has 2 aromatic rings. The Morgan fingerprint density at radius 1 is 1.45 bits per heavy atom. The summed E-state index contributed by atoms with van der Waals surface area (Å²) in [5.41, 5.74) is 0.484. The number of nitrogens with zero attached hydrogens (tertiary/aromatic N) is 3. The van der Waals surface area contributed by atoms with Crippen molar-refractivity contribution in [1.82, 2.24) is 15.2 Å². The van der Waals surface area contributed by atoms with E-state index in [0.29, 0.717) is 10.8 Å². The second kappa shape index (κ2) is 6.15. The molecule has 9 heteroatoms. The van der Waals surface area contributed by atoms with Crippen LogP contribution in [0.15, 0.2) is 35.7 Å². The van der Waals surface area contributed by atoms with Crippen molar-refractivity contribution in [2.75, 3.05) is 5.32 Å². The molecule has 1 aromatic heterocycles. The molecule has 0 aliphatic heterocycles. The molecule has 0 saturated heterocycles. The van der Waals surface area contributed by atoms with Crippen molar-refractivity contribution in [3.63, 3.8) is 0 Å². The number of hydrogen-bond donors (Lipinski definition) is 2. The highest BCUT2D eigenvalue weighted by Crippen LogP contribution is 2.20. The van der Waals surface area contributed by atoms with Gasteiger partial charge < -0.3 is 5.32 Å². The SMILES string of the molecule is C[C@@H](Sc1ncn[nH]1)C(=O)Nc1ccc([N+](=O)[O-])cc1. The fourth-order valence-electron chi connectivity index (χ4n) is 1.38. The van der Waals surface area contributed by atoms with E-state index in [4.69, 9.17) is 0 Å². The summed E-state index contributed by atoms with van der Waals surface area (Å²) in [7, 11) is 0. The molecule has 8 nitrogen and oxygen atoms in total. The molecule has 0 unspecified atom stereocenters. The van der Waals surface area contributed by atoms with Crippen LogP contribution in [0.1, 0.15) is 6.92 Å². The van der Waals surface area contributed by atoms with E-state index < -0.39 is 4.92 Å². The molecule has 0 aliphatic carbocycles. The maximum Gasteiger partial charge on any atom is 0.269 e. The number of aromatic nitrogens is 3. The Kier molecular flexibility index (Phi) is 4.31. The zero-order valence-corrected chi connectivity index (χ0v) is 11.3. The van der Waals surface area contributed by atoms with E-state index in [1.165, 1.54) is 42.4 Å². The zero-order valence-electron chi connectivity index (χ0n) is 10.4. The number of nitrogens with one attached hydrogen (secondary N) is 2. The van der Waals surface area contributed by atoms with Crippen molar-refractivity contribution in [3.8, 4) is 0 Å². The van der Waals surface area contributed by atoms with Crippen LogP contribution in [0.25, 0.3) is 0 Å². The Morgan fingerprint density at radius 2 is 2.15 bits per heavy atom. The van der Waals surface area contributed by atoms with Crippen LogP contribution < -0.4 is 5.32 Å². The molecule has 1 aromatic carbocycles. The minimum atomic E-state index is -0.492. The van der Waals surface area contributed by atoms with E-state index in [1.54, 1.807) is 6.92 Å². The van der Waals surface area contributed by atoms with Crippen LogP contribution in [0.3, 0.4) is 0 Å². The molecule has 2 N–H and O–H groups in total. The van der Waals surface area contributed by atoms with E-state index in [0.717, 1.165) is 0 Å². The number of benzene rings is 1. The normalized spacial score (nSPS) is 11.8. The average Bonchev–Trinajstić information content (AvgIpc) is 2.92. The van der Waals surface area contributed by atoms with Crippen molar-refractivity contribution in [1.29, 1.82) is 0 Å². The Balaban J connectivity index is 1.95. The van der Waals surface area contributed by atoms with Gasteiger partial charge in [0.25, 0.3) is 5.69 Å². The molecule has 1 atom stereocenters. The molecular weight excluding hydrogens is 282 g/mol. The Labute approximate surface area is 118 Å². The van der Waals surface area contributed by atoms with E-state index >= 15 is 0 Å². The number of carbonyl (C=O) groups is 1. The van der Waals surface area contributed by atoms with Gasteiger partial charge in [-0.1, -0.05) is 11.8 Å². The molecule has 0 saturated carbocycles. The molecule has 0 aliphatic rings. The summed E-state index contributed by atoms with van der Waals surface area (Å²) in [5.74, 6) is -0.222. The number of carbonyl (C=O) groups excluding carboxylic acids is 1. The first-order valence-electron chi connectivity index (χ1n) is 5.63. The van der Waals surface area contributed by atoms with E-state index in [1.807, 2.05) is 0 Å². The predicted octanol–water partition coefficient (Wildman–Crippen LogP) is 1.83. The van der Waals surface area contributed by atoms with Crippen LogP contribution in [0, 0.1) is 10.1 Å². The van der Waals surface area contributed by atoms with Gasteiger partial charge in [-0.3, -0.25) is 20.0 Å². The predicted molar refractivity (Wildman–Crippen MR) is 73.4 cm³/mol. The van der Waals surface area contributed by atoms with Crippen LogP contribution >= 0.6 is 11.8 Å². The number of nitro benzene ring substituents is 1. The van der Waals surface area contributed by atoms with Gasteiger partial charge in [0.1, 0.15) is 6.33 Å². The minimum Gasteiger partial charge on any atom is -0.325 e. The van der Waals surface area contributed by atoms with Crippen LogP contribution in [0.4, 0.5) is 11.4 Å². The van der Waals surface area contributed by atoms with Gasteiger partial charge in [0, 0.05) is 17.8 Å². The van der Waals surface area contributed by atoms with Gasteiger partial charge in [-0.05, 0) is 19.1 Å². The van der Waals surface area contributed by atoms with Gasteiger partial charge in [-0.25, -0.2) is 4.98 Å². The lowest BCUT2D eigenvalue weighted by atomic mass is 10.3. The Hall–Kier alpha value is -2.42. The smallest absolute Gasteiger partial charge is 0.269 e. The maximum absolute atomic E-state index is 11.9. The summed E-state index contributed by atoms with van der Waals surface area (Å²) in [4.78, 5) is 25.9. The zero-order chi connectivity index (χ0) is 14.5. The molecule has 0 radical (unpaired) electrons. The number of rotatable bonds is 5. The fraction of sp³-hybridized carbons (Fsp3) is 0.182. The third-order valence-electron chi connectivity index (χ3n) is 2.40. The van der Waals surface area contributed by atoms with Gasteiger partial charge in [-0.2, -0.15) is 5.10 Å². The number of nitro groups is 1. The topological polar surface area (TPSA) is 114 Å². The molecule has 0 fully saturated rings. The summed E-state index contributed by atoms with van der Waals surface area (Å²) in [6.07, 6.45) is 1.36. The maximum atomic E-state index is 11.9. The fourth-order valence-corrected chi connectivity index (χ4v) is 2.10. The highest BCUT2D eigenvalue weighted by Gasteiger charge is 2.16. The molecule has 0 bridgehead atoms. The number of thioether (sulfide) groups is 1. The van der Waals surface area contributed by atoms with Gasteiger partial charge in [-0.15, -0.1) is 0 Å². The lowest BCUT2D eigenvalue weighted by Crippen LogP contribution is -2.22. The molecule has 2 rings (SSSR count). The largest absolute Gasteiger partial charge is 0.325 e. The molecule has 0 spiro atoms. The second-order valence-electron chi connectivity index (χ2n) is 3.84. The van der Waals surface area contributed by atoms with Gasteiger partial charge >= 0.3 is 0 Å². The number of non-ortho nitro benzene ring substituents is 1. The summed E-state index contributed by atoms with van der Waals surface area (Å²) in [5, 5.41) is 19.7. The number of anilines is 1. The lowest BCUT2D eigenvalue weighted by molar-refractivity contribution is -0.384. The minimum absolute atomic E-state index is 0.0212. The highest BCUT2D eigenvalue weighted by molar-refractivity contribution is 8.00. The molecule has 1 amide bonds. The molecule has 1 heterocycles. The molecular formula is C11H11N5O3S.